The molecule has 0 saturated carbocycles. The van der Waals surface area contributed by atoms with Gasteiger partial charge in [-0.15, -0.1) is 0 Å². The Hall–Kier alpha value is -2.09. The van der Waals surface area contributed by atoms with Crippen molar-refractivity contribution in [1.82, 2.24) is 4.90 Å². The molecule has 1 atom stereocenters. The summed E-state index contributed by atoms with van der Waals surface area (Å²) in [6, 6.07) is 1.31. The van der Waals surface area contributed by atoms with Gasteiger partial charge in [-0.05, 0) is 13.0 Å². The van der Waals surface area contributed by atoms with Crippen LogP contribution in [0.5, 0.6) is 0 Å². The summed E-state index contributed by atoms with van der Waals surface area (Å²) >= 11 is 0. The summed E-state index contributed by atoms with van der Waals surface area (Å²) in [5.74, 6) is -3.78. The molecule has 19 heavy (non-hydrogen) atoms. The fourth-order valence-corrected chi connectivity index (χ4v) is 1.55. The molecule has 1 amide bonds. The number of benzene rings is 1. The molecule has 0 radical (unpaired) electrons. The first-order valence-electron chi connectivity index (χ1n) is 5.31. The highest BCUT2D eigenvalue weighted by Crippen LogP contribution is 2.24. The fourth-order valence-electron chi connectivity index (χ4n) is 1.55. The molecule has 6 nitrogen and oxygen atoms in total. The predicted molar refractivity (Wildman–Crippen MR) is 61.7 cm³/mol. The van der Waals surface area contributed by atoms with Gasteiger partial charge in [0.2, 0.25) is 5.82 Å². The number of nitro benzene ring substituents is 1. The molecular weight excluding hydrogens is 262 g/mol. The highest BCUT2D eigenvalue weighted by atomic mass is 19.1. The van der Waals surface area contributed by atoms with Crippen molar-refractivity contribution in [3.63, 3.8) is 0 Å². The molecule has 0 bridgehead atoms. The number of nitrogens with zero attached hydrogens (tertiary/aromatic N) is 2. The van der Waals surface area contributed by atoms with Crippen LogP contribution in [0.25, 0.3) is 0 Å². The maximum Gasteiger partial charge on any atom is 0.305 e. The number of aliphatic hydroxyl groups is 1. The van der Waals surface area contributed by atoms with E-state index < -0.39 is 39.8 Å². The van der Waals surface area contributed by atoms with Crippen molar-refractivity contribution in [3.05, 3.63) is 39.4 Å². The Bertz CT molecular complexity index is 520. The summed E-state index contributed by atoms with van der Waals surface area (Å²) in [5.41, 5.74) is -1.98. The van der Waals surface area contributed by atoms with E-state index in [1.54, 1.807) is 0 Å². The number of rotatable bonds is 4. The first-order chi connectivity index (χ1) is 8.75. The third-order valence-electron chi connectivity index (χ3n) is 2.37. The van der Waals surface area contributed by atoms with Gasteiger partial charge in [0.1, 0.15) is 11.4 Å². The quantitative estimate of drug-likeness (QED) is 0.663. The molecule has 104 valence electrons. The lowest BCUT2D eigenvalue weighted by molar-refractivity contribution is -0.387. The zero-order valence-electron chi connectivity index (χ0n) is 10.3. The van der Waals surface area contributed by atoms with Crippen molar-refractivity contribution in [3.8, 4) is 0 Å². The van der Waals surface area contributed by atoms with Crippen LogP contribution in [0.15, 0.2) is 12.1 Å². The summed E-state index contributed by atoms with van der Waals surface area (Å²) in [6.07, 6.45) is -0.890. The van der Waals surface area contributed by atoms with E-state index in [-0.39, 0.29) is 6.54 Å². The van der Waals surface area contributed by atoms with Gasteiger partial charge in [0.25, 0.3) is 5.91 Å². The molecular formula is C11H12F2N2O4. The predicted octanol–water partition coefficient (Wildman–Crippen LogP) is 1.33. The second-order valence-electron chi connectivity index (χ2n) is 4.05. The Morgan fingerprint density at radius 2 is 2.11 bits per heavy atom. The first-order valence-corrected chi connectivity index (χ1v) is 5.31. The number of nitro groups is 1. The van der Waals surface area contributed by atoms with Gasteiger partial charge in [-0.25, -0.2) is 4.39 Å². The number of carbonyl (C=O) groups is 1. The molecule has 0 heterocycles. The normalized spacial score (nSPS) is 12.1. The van der Waals surface area contributed by atoms with Gasteiger partial charge in [-0.3, -0.25) is 14.9 Å². The molecule has 0 fully saturated rings. The summed E-state index contributed by atoms with van der Waals surface area (Å²) in [6.45, 7) is 1.24. The van der Waals surface area contributed by atoms with E-state index in [1.807, 2.05) is 0 Å². The lowest BCUT2D eigenvalue weighted by Crippen LogP contribution is -2.34. The molecule has 0 spiro atoms. The third kappa shape index (κ3) is 3.22. The number of aliphatic hydroxyl groups excluding tert-OH is 1. The zero-order chi connectivity index (χ0) is 14.7. The van der Waals surface area contributed by atoms with E-state index in [0.717, 1.165) is 4.90 Å². The molecule has 1 aromatic rings. The second kappa shape index (κ2) is 5.70. The van der Waals surface area contributed by atoms with Crippen molar-refractivity contribution in [2.45, 2.75) is 13.0 Å². The van der Waals surface area contributed by atoms with Crippen LogP contribution in [-0.4, -0.2) is 40.5 Å². The Kier molecular flexibility index (Phi) is 4.49. The van der Waals surface area contributed by atoms with Crippen LogP contribution in [0.2, 0.25) is 0 Å². The van der Waals surface area contributed by atoms with E-state index in [1.165, 1.54) is 14.0 Å². The average molecular weight is 274 g/mol. The lowest BCUT2D eigenvalue weighted by Gasteiger charge is -2.19. The summed E-state index contributed by atoms with van der Waals surface area (Å²) in [5, 5.41) is 19.6. The van der Waals surface area contributed by atoms with E-state index in [0.29, 0.717) is 12.1 Å². The van der Waals surface area contributed by atoms with Crippen LogP contribution >= 0.6 is 0 Å². The zero-order valence-corrected chi connectivity index (χ0v) is 10.3. The molecule has 8 heteroatoms. The molecule has 0 saturated heterocycles. The SMILES string of the molecule is CC(O)CN(C)C(=O)c1c(F)ccc([N+](=O)[O-])c1F. The van der Waals surface area contributed by atoms with Crippen LogP contribution in [0.3, 0.4) is 0 Å². The van der Waals surface area contributed by atoms with Gasteiger partial charge in [-0.2, -0.15) is 4.39 Å². The van der Waals surface area contributed by atoms with Gasteiger partial charge < -0.3 is 10.0 Å². The topological polar surface area (TPSA) is 83.7 Å². The number of amides is 1. The molecule has 1 unspecified atom stereocenters. The highest BCUT2D eigenvalue weighted by molar-refractivity contribution is 5.95. The molecule has 0 aliphatic carbocycles. The Balaban J connectivity index is 3.22. The first kappa shape index (κ1) is 15.0. The van der Waals surface area contributed by atoms with Crippen molar-refractivity contribution in [1.29, 1.82) is 0 Å². The van der Waals surface area contributed by atoms with Crippen molar-refractivity contribution in [2.75, 3.05) is 13.6 Å². The largest absolute Gasteiger partial charge is 0.392 e. The maximum absolute atomic E-state index is 13.7. The Morgan fingerprint density at radius 1 is 1.53 bits per heavy atom. The molecule has 1 aromatic carbocycles. The molecule has 1 N–H and O–H groups in total. The Labute approximate surface area is 107 Å². The van der Waals surface area contributed by atoms with Crippen LogP contribution in [-0.2, 0) is 0 Å². The van der Waals surface area contributed by atoms with E-state index in [2.05, 4.69) is 0 Å². The van der Waals surface area contributed by atoms with Crippen LogP contribution in [0, 0.1) is 21.7 Å². The Morgan fingerprint density at radius 3 is 2.58 bits per heavy atom. The minimum atomic E-state index is -1.52. The third-order valence-corrected chi connectivity index (χ3v) is 2.37. The second-order valence-corrected chi connectivity index (χ2v) is 4.05. The molecule has 0 aliphatic rings. The van der Waals surface area contributed by atoms with E-state index in [9.17, 15) is 23.7 Å². The number of carbonyl (C=O) groups excluding carboxylic acids is 1. The van der Waals surface area contributed by atoms with Crippen molar-refractivity contribution < 1.29 is 23.6 Å². The minimum Gasteiger partial charge on any atom is -0.392 e. The smallest absolute Gasteiger partial charge is 0.305 e. The number of hydrogen-bond donors (Lipinski definition) is 1. The van der Waals surface area contributed by atoms with Gasteiger partial charge in [0, 0.05) is 19.7 Å². The van der Waals surface area contributed by atoms with E-state index >= 15 is 0 Å². The molecule has 0 aromatic heterocycles. The number of likely N-dealkylation sites (N-methyl/N-ethyl adjacent to an activating group) is 1. The van der Waals surface area contributed by atoms with Crippen molar-refractivity contribution in [2.24, 2.45) is 0 Å². The van der Waals surface area contributed by atoms with Crippen LogP contribution in [0.4, 0.5) is 14.5 Å². The standard InChI is InChI=1S/C11H12F2N2O4/c1-6(16)5-14(2)11(17)9-7(12)3-4-8(10(9)13)15(18)19/h3-4,6,16H,5H2,1-2H3. The van der Waals surface area contributed by atoms with Gasteiger partial charge in [-0.1, -0.05) is 0 Å². The average Bonchev–Trinajstić information content (AvgIpc) is 2.27. The fraction of sp³-hybridized carbons (Fsp3) is 0.364. The maximum atomic E-state index is 13.7. The van der Waals surface area contributed by atoms with Gasteiger partial charge >= 0.3 is 5.69 Å². The lowest BCUT2D eigenvalue weighted by atomic mass is 10.1. The summed E-state index contributed by atoms with van der Waals surface area (Å²) in [7, 11) is 1.23. The summed E-state index contributed by atoms with van der Waals surface area (Å²) < 4.78 is 27.2. The number of hydrogen-bond acceptors (Lipinski definition) is 4. The summed E-state index contributed by atoms with van der Waals surface area (Å²) in [4.78, 5) is 22.2. The number of halogens is 2. The van der Waals surface area contributed by atoms with Gasteiger partial charge in [0.05, 0.1) is 11.0 Å². The van der Waals surface area contributed by atoms with E-state index in [4.69, 9.17) is 5.11 Å². The van der Waals surface area contributed by atoms with Crippen LogP contribution in [0.1, 0.15) is 17.3 Å². The highest BCUT2D eigenvalue weighted by Gasteiger charge is 2.28. The molecule has 1 rings (SSSR count). The van der Waals surface area contributed by atoms with Crippen LogP contribution < -0.4 is 0 Å². The van der Waals surface area contributed by atoms with Gasteiger partial charge in [0.15, 0.2) is 0 Å². The minimum absolute atomic E-state index is 0.152. The van der Waals surface area contributed by atoms with Crippen molar-refractivity contribution >= 4 is 11.6 Å². The molecule has 0 aliphatic heterocycles. The monoisotopic (exact) mass is 274 g/mol.